The zero-order chi connectivity index (χ0) is 12.1. The van der Waals surface area contributed by atoms with Gasteiger partial charge in [0.25, 0.3) is 0 Å². The lowest BCUT2D eigenvalue weighted by Gasteiger charge is -2.25. The van der Waals surface area contributed by atoms with Gasteiger partial charge >= 0.3 is 0 Å². The molecule has 0 atom stereocenters. The summed E-state index contributed by atoms with van der Waals surface area (Å²) < 4.78 is 1.06. The second-order valence-corrected chi connectivity index (χ2v) is 4.91. The van der Waals surface area contributed by atoms with E-state index in [1.54, 1.807) is 0 Å². The number of benzene rings is 1. The number of hydrogen-bond acceptors (Lipinski definition) is 2. The maximum Gasteiger partial charge on any atom is 0.231 e. The average Bonchev–Trinajstić information content (AvgIpc) is 2.19. The van der Waals surface area contributed by atoms with Crippen LogP contribution in [0.2, 0.25) is 0 Å². The number of primary amides is 1. The number of halogens is 1. The molecule has 16 heavy (non-hydrogen) atoms. The standard InChI is InChI=1S/C12H17BrN2O/c1-9(2)15(8-12(14)16)7-10-5-3-4-6-11(10)13/h3-6,9H,7-8H2,1-2H3,(H2,14,16). The van der Waals surface area contributed by atoms with Crippen LogP contribution < -0.4 is 5.73 Å². The Morgan fingerprint density at radius 1 is 1.44 bits per heavy atom. The van der Waals surface area contributed by atoms with Crippen LogP contribution in [0.1, 0.15) is 19.4 Å². The first-order chi connectivity index (χ1) is 7.50. The molecule has 0 radical (unpaired) electrons. The number of carbonyl (C=O) groups is 1. The summed E-state index contributed by atoms with van der Waals surface area (Å²) in [6.45, 7) is 5.13. The third kappa shape index (κ3) is 3.94. The average molecular weight is 285 g/mol. The third-order valence-corrected chi connectivity index (χ3v) is 3.19. The Labute approximate surface area is 105 Å². The number of amides is 1. The lowest BCUT2D eigenvalue weighted by atomic mass is 10.2. The van der Waals surface area contributed by atoms with Crippen molar-refractivity contribution in [2.75, 3.05) is 6.54 Å². The van der Waals surface area contributed by atoms with E-state index in [-0.39, 0.29) is 5.91 Å². The molecule has 0 bridgehead atoms. The highest BCUT2D eigenvalue weighted by atomic mass is 79.9. The van der Waals surface area contributed by atoms with Crippen LogP contribution in [0.15, 0.2) is 28.7 Å². The number of nitrogens with zero attached hydrogens (tertiary/aromatic N) is 1. The van der Waals surface area contributed by atoms with Crippen molar-refractivity contribution in [2.45, 2.75) is 26.4 Å². The molecule has 0 unspecified atom stereocenters. The Balaban J connectivity index is 2.76. The number of carbonyl (C=O) groups excluding carboxylic acids is 1. The molecule has 1 aromatic rings. The largest absolute Gasteiger partial charge is 0.369 e. The molecule has 0 aliphatic heterocycles. The van der Waals surface area contributed by atoms with Gasteiger partial charge in [-0.3, -0.25) is 9.69 Å². The minimum absolute atomic E-state index is 0.291. The van der Waals surface area contributed by atoms with Crippen molar-refractivity contribution >= 4 is 21.8 Å². The Morgan fingerprint density at radius 2 is 2.06 bits per heavy atom. The first kappa shape index (κ1) is 13.2. The van der Waals surface area contributed by atoms with Gasteiger partial charge in [0.1, 0.15) is 0 Å². The molecule has 1 amide bonds. The molecule has 0 spiro atoms. The Morgan fingerprint density at radius 3 is 2.56 bits per heavy atom. The van der Waals surface area contributed by atoms with E-state index < -0.39 is 0 Å². The lowest BCUT2D eigenvalue weighted by Crippen LogP contribution is -2.38. The summed E-state index contributed by atoms with van der Waals surface area (Å²) in [4.78, 5) is 13.0. The minimum atomic E-state index is -0.291. The van der Waals surface area contributed by atoms with E-state index in [2.05, 4.69) is 29.8 Å². The van der Waals surface area contributed by atoms with Crippen LogP contribution in [0, 0.1) is 0 Å². The van der Waals surface area contributed by atoms with Crippen molar-refractivity contribution in [3.8, 4) is 0 Å². The molecule has 3 nitrogen and oxygen atoms in total. The van der Waals surface area contributed by atoms with Crippen LogP contribution in [-0.2, 0) is 11.3 Å². The Bertz CT molecular complexity index is 366. The first-order valence-corrected chi connectivity index (χ1v) is 6.05. The molecule has 0 saturated carbocycles. The van der Waals surface area contributed by atoms with Crippen LogP contribution >= 0.6 is 15.9 Å². The number of hydrogen-bond donors (Lipinski definition) is 1. The summed E-state index contributed by atoms with van der Waals surface area (Å²) in [7, 11) is 0. The molecule has 1 aromatic carbocycles. The molecule has 0 heterocycles. The molecule has 2 N–H and O–H groups in total. The smallest absolute Gasteiger partial charge is 0.231 e. The first-order valence-electron chi connectivity index (χ1n) is 5.26. The summed E-state index contributed by atoms with van der Waals surface area (Å²) in [5.41, 5.74) is 6.39. The summed E-state index contributed by atoms with van der Waals surface area (Å²) >= 11 is 3.50. The van der Waals surface area contributed by atoms with Gasteiger partial charge in [-0.05, 0) is 25.5 Å². The van der Waals surface area contributed by atoms with E-state index in [4.69, 9.17) is 5.73 Å². The molecule has 4 heteroatoms. The number of rotatable bonds is 5. The van der Waals surface area contributed by atoms with Crippen LogP contribution in [0.25, 0.3) is 0 Å². The quantitative estimate of drug-likeness (QED) is 0.901. The minimum Gasteiger partial charge on any atom is -0.369 e. The van der Waals surface area contributed by atoms with E-state index in [1.807, 2.05) is 29.2 Å². The van der Waals surface area contributed by atoms with Crippen LogP contribution in [-0.4, -0.2) is 23.4 Å². The van der Waals surface area contributed by atoms with Crippen molar-refractivity contribution in [1.82, 2.24) is 4.90 Å². The Kier molecular flexibility index (Phi) is 4.96. The van der Waals surface area contributed by atoms with Crippen molar-refractivity contribution in [3.05, 3.63) is 34.3 Å². The third-order valence-electron chi connectivity index (χ3n) is 2.42. The normalized spacial score (nSPS) is 11.1. The van der Waals surface area contributed by atoms with Crippen molar-refractivity contribution < 1.29 is 4.79 Å². The topological polar surface area (TPSA) is 46.3 Å². The van der Waals surface area contributed by atoms with E-state index >= 15 is 0 Å². The second-order valence-electron chi connectivity index (χ2n) is 4.06. The maximum atomic E-state index is 11.0. The fourth-order valence-corrected chi connectivity index (χ4v) is 1.88. The monoisotopic (exact) mass is 284 g/mol. The highest BCUT2D eigenvalue weighted by Gasteiger charge is 2.13. The van der Waals surface area contributed by atoms with E-state index in [1.165, 1.54) is 0 Å². The molecule has 88 valence electrons. The molecular weight excluding hydrogens is 268 g/mol. The van der Waals surface area contributed by atoms with Gasteiger partial charge in [-0.1, -0.05) is 34.1 Å². The highest BCUT2D eigenvalue weighted by Crippen LogP contribution is 2.18. The summed E-state index contributed by atoms with van der Waals surface area (Å²) in [5.74, 6) is -0.291. The molecule has 1 rings (SSSR count). The van der Waals surface area contributed by atoms with Gasteiger partial charge in [-0.2, -0.15) is 0 Å². The van der Waals surface area contributed by atoms with E-state index in [0.717, 1.165) is 16.6 Å². The SMILES string of the molecule is CC(C)N(CC(N)=O)Cc1ccccc1Br. The van der Waals surface area contributed by atoms with Crippen molar-refractivity contribution in [2.24, 2.45) is 5.73 Å². The fraction of sp³-hybridized carbons (Fsp3) is 0.417. The second kappa shape index (κ2) is 6.01. The highest BCUT2D eigenvalue weighted by molar-refractivity contribution is 9.10. The van der Waals surface area contributed by atoms with Gasteiger partial charge in [0.05, 0.1) is 6.54 Å². The van der Waals surface area contributed by atoms with Crippen LogP contribution in [0.3, 0.4) is 0 Å². The molecule has 0 aliphatic rings. The van der Waals surface area contributed by atoms with Gasteiger partial charge in [0.15, 0.2) is 0 Å². The summed E-state index contributed by atoms with van der Waals surface area (Å²) in [5, 5.41) is 0. The van der Waals surface area contributed by atoms with Crippen LogP contribution in [0.4, 0.5) is 0 Å². The molecule has 0 aliphatic carbocycles. The molecule has 0 fully saturated rings. The van der Waals surface area contributed by atoms with Gasteiger partial charge in [-0.15, -0.1) is 0 Å². The van der Waals surface area contributed by atoms with E-state index in [9.17, 15) is 4.79 Å². The molecule has 0 saturated heterocycles. The lowest BCUT2D eigenvalue weighted by molar-refractivity contribution is -0.119. The molecular formula is C12H17BrN2O. The van der Waals surface area contributed by atoms with E-state index in [0.29, 0.717) is 12.6 Å². The van der Waals surface area contributed by atoms with Gasteiger partial charge in [-0.25, -0.2) is 0 Å². The number of nitrogens with two attached hydrogens (primary N) is 1. The maximum absolute atomic E-state index is 11.0. The van der Waals surface area contributed by atoms with Crippen molar-refractivity contribution in [1.29, 1.82) is 0 Å². The zero-order valence-electron chi connectivity index (χ0n) is 9.61. The van der Waals surface area contributed by atoms with Gasteiger partial charge in [0.2, 0.25) is 5.91 Å². The van der Waals surface area contributed by atoms with Crippen LogP contribution in [0.5, 0.6) is 0 Å². The molecule has 0 aromatic heterocycles. The van der Waals surface area contributed by atoms with Gasteiger partial charge in [0, 0.05) is 17.1 Å². The fourth-order valence-electron chi connectivity index (χ4n) is 1.47. The van der Waals surface area contributed by atoms with Crippen molar-refractivity contribution in [3.63, 3.8) is 0 Å². The summed E-state index contributed by atoms with van der Waals surface area (Å²) in [6, 6.07) is 8.29. The zero-order valence-corrected chi connectivity index (χ0v) is 11.2. The summed E-state index contributed by atoms with van der Waals surface area (Å²) in [6.07, 6.45) is 0. The van der Waals surface area contributed by atoms with Gasteiger partial charge < -0.3 is 5.73 Å². The predicted octanol–water partition coefficient (Wildman–Crippen LogP) is 2.14. The predicted molar refractivity (Wildman–Crippen MR) is 68.9 cm³/mol. The Hall–Kier alpha value is -0.870.